The quantitative estimate of drug-likeness (QED) is 0.172. The Morgan fingerprint density at radius 1 is 0.583 bits per heavy atom. The topological polar surface area (TPSA) is 171 Å². The van der Waals surface area contributed by atoms with Crippen LogP contribution < -0.4 is 44.9 Å². The van der Waals surface area contributed by atoms with Gasteiger partial charge in [0.15, 0.2) is 0 Å². The second-order valence-corrected chi connectivity index (χ2v) is 9.16. The zero-order valence-electron chi connectivity index (χ0n) is 22.1. The van der Waals surface area contributed by atoms with Crippen LogP contribution in [0.1, 0.15) is 79.1 Å². The first-order valence-electron chi connectivity index (χ1n) is 11.4. The third-order valence-corrected chi connectivity index (χ3v) is 6.20. The van der Waals surface area contributed by atoms with Crippen LogP contribution in [0.2, 0.25) is 0 Å². The van der Waals surface area contributed by atoms with Gasteiger partial charge in [-0.05, 0) is 25.7 Å². The summed E-state index contributed by atoms with van der Waals surface area (Å²) in [4.78, 5) is 43.3. The Morgan fingerprint density at radius 2 is 0.806 bits per heavy atom. The zero-order valence-corrected chi connectivity index (χ0v) is 28.7. The molecular formula is C20H37N4NaO8S2Zn. The van der Waals surface area contributed by atoms with Crippen LogP contribution in [0, 0.1) is 0 Å². The fourth-order valence-corrected chi connectivity index (χ4v) is 3.70. The summed E-state index contributed by atoms with van der Waals surface area (Å²) in [6.45, 7) is 8.81. The zero-order chi connectivity index (χ0) is 26.5. The van der Waals surface area contributed by atoms with Gasteiger partial charge < -0.3 is 34.8 Å². The van der Waals surface area contributed by atoms with E-state index in [9.17, 15) is 34.5 Å². The molecule has 0 aromatic rings. The summed E-state index contributed by atoms with van der Waals surface area (Å²) in [7, 11) is 0. The van der Waals surface area contributed by atoms with Crippen molar-refractivity contribution in [1.82, 2.24) is 17.2 Å². The van der Waals surface area contributed by atoms with Gasteiger partial charge in [0, 0.05) is 26.2 Å². The molecule has 0 saturated heterocycles. The summed E-state index contributed by atoms with van der Waals surface area (Å²) in [5.41, 5.74) is 0. The molecule has 200 valence electrons. The Balaban J connectivity index is -0.000000269. The van der Waals surface area contributed by atoms with Crippen molar-refractivity contribution in [3.8, 4) is 0 Å². The average molecular weight is 614 g/mol. The van der Waals surface area contributed by atoms with Gasteiger partial charge in [-0.1, -0.05) is 53.4 Å². The van der Waals surface area contributed by atoms with Crippen molar-refractivity contribution in [3.63, 3.8) is 0 Å². The van der Waals surface area contributed by atoms with Gasteiger partial charge in [-0.2, -0.15) is 0 Å². The summed E-state index contributed by atoms with van der Waals surface area (Å²) in [5.74, 6) is 0. The molecule has 1 N–H and O–H groups in total. The van der Waals surface area contributed by atoms with E-state index in [1.54, 1.807) is 0 Å². The Morgan fingerprint density at radius 3 is 1.00 bits per heavy atom. The van der Waals surface area contributed by atoms with E-state index in [4.69, 9.17) is 5.11 Å². The van der Waals surface area contributed by atoms with E-state index in [1.165, 1.54) is 0 Å². The number of rotatable bonds is 16. The summed E-state index contributed by atoms with van der Waals surface area (Å²) in [6, 6.07) is 0. The summed E-state index contributed by atoms with van der Waals surface area (Å²) >= 11 is 1.32. The van der Waals surface area contributed by atoms with Crippen LogP contribution in [0.5, 0.6) is 0 Å². The van der Waals surface area contributed by atoms with E-state index in [2.05, 4.69) is 0 Å². The minimum Gasteiger partial charge on any atom is -0.529 e. The van der Waals surface area contributed by atoms with Gasteiger partial charge in [-0.3, -0.25) is 12.9 Å². The van der Waals surface area contributed by atoms with Crippen molar-refractivity contribution >= 4 is 48.6 Å². The number of carbonyl (C=O) groups is 4. The van der Waals surface area contributed by atoms with Crippen LogP contribution in [0.25, 0.3) is 0 Å². The molecule has 12 nitrogen and oxygen atoms in total. The van der Waals surface area contributed by atoms with Crippen LogP contribution in [0.3, 0.4) is 0 Å². The van der Waals surface area contributed by atoms with Crippen molar-refractivity contribution in [2.75, 3.05) is 26.2 Å². The fourth-order valence-electron chi connectivity index (χ4n) is 2.11. The molecule has 0 aromatic heterocycles. The molecule has 0 rings (SSSR count). The summed E-state index contributed by atoms with van der Waals surface area (Å²) < 4.78 is 3.80. The molecule has 36 heavy (non-hydrogen) atoms. The SMILES string of the molecule is CCCCN(SN(CCCC)C(=O)O)C(=O)[O-].CCCCN(SN(CCCC)C(=O)[O-])C(=O)[O-].[Na+].[Zn+2]. The summed E-state index contributed by atoms with van der Waals surface area (Å²) in [5, 5.41) is 41.3. The predicted molar refractivity (Wildman–Crippen MR) is 126 cm³/mol. The molecule has 0 aliphatic rings. The first-order valence-corrected chi connectivity index (χ1v) is 12.8. The molecule has 16 heteroatoms. The van der Waals surface area contributed by atoms with Gasteiger partial charge in [0.1, 0.15) is 18.3 Å². The number of hydrogen-bond donors (Lipinski definition) is 1. The molecule has 0 aromatic carbocycles. The second-order valence-electron chi connectivity index (χ2n) is 7.07. The van der Waals surface area contributed by atoms with Gasteiger partial charge in [-0.25, -0.2) is 9.10 Å². The van der Waals surface area contributed by atoms with Gasteiger partial charge >= 0.3 is 55.1 Å². The second kappa shape index (κ2) is 27.4. The van der Waals surface area contributed by atoms with Crippen molar-refractivity contribution in [3.05, 3.63) is 0 Å². The maximum atomic E-state index is 10.9. The molecule has 0 spiro atoms. The fraction of sp³-hybridized carbons (Fsp3) is 0.800. The van der Waals surface area contributed by atoms with E-state index in [0.717, 1.165) is 42.9 Å². The van der Waals surface area contributed by atoms with Crippen molar-refractivity contribution < 1.29 is 88.6 Å². The van der Waals surface area contributed by atoms with Crippen LogP contribution in [0.4, 0.5) is 19.2 Å². The number of hydrogen-bond acceptors (Lipinski definition) is 9. The Bertz CT molecular complexity index is 516. The molecule has 0 radical (unpaired) electrons. The minimum absolute atomic E-state index is 0. The maximum absolute atomic E-state index is 10.9. The smallest absolute Gasteiger partial charge is 0.529 e. The van der Waals surface area contributed by atoms with Crippen molar-refractivity contribution in [2.45, 2.75) is 79.1 Å². The van der Waals surface area contributed by atoms with Gasteiger partial charge in [0.2, 0.25) is 0 Å². The molecule has 4 amide bonds. The molecule has 0 aliphatic heterocycles. The van der Waals surface area contributed by atoms with Gasteiger partial charge in [0.25, 0.3) is 0 Å². The molecular weight excluding hydrogens is 577 g/mol. The number of amides is 4. The van der Waals surface area contributed by atoms with E-state index in [0.29, 0.717) is 56.5 Å². The van der Waals surface area contributed by atoms with Crippen LogP contribution in [-0.2, 0) is 19.5 Å². The van der Waals surface area contributed by atoms with E-state index in [-0.39, 0.29) is 68.7 Å². The molecule has 0 saturated carbocycles. The number of carboxylic acid groups (broad SMARTS) is 4. The number of carbonyl (C=O) groups excluding carboxylic acids is 3. The van der Waals surface area contributed by atoms with E-state index < -0.39 is 24.4 Å². The molecule has 0 aliphatic carbocycles. The third-order valence-electron chi connectivity index (χ3n) is 4.08. The normalized spacial score (nSPS) is 9.44. The molecule has 0 heterocycles. The molecule has 0 bridgehead atoms. The minimum atomic E-state index is -1.38. The Kier molecular flexibility index (Phi) is 32.4. The monoisotopic (exact) mass is 612 g/mol. The molecule has 0 unspecified atom stereocenters. The standard InChI is InChI=1S/2C10H20N2O4S.Na.Zn/c2*1-3-5-7-11(9(13)14)17-12(10(15)16)8-6-4-2;;/h2*3-8H2,1-2H3,(H,13,14)(H,15,16);;/q;;+1;+2/p-3. The Labute approximate surface area is 258 Å². The Hall–Kier alpha value is -0.597. The third kappa shape index (κ3) is 22.6. The summed E-state index contributed by atoms with van der Waals surface area (Å²) in [6.07, 6.45) is 0.794. The average Bonchev–Trinajstić information content (AvgIpc) is 2.77. The van der Waals surface area contributed by atoms with Crippen molar-refractivity contribution in [1.29, 1.82) is 0 Å². The van der Waals surface area contributed by atoms with E-state index in [1.807, 2.05) is 27.7 Å². The molecule has 0 atom stereocenters. The van der Waals surface area contributed by atoms with Gasteiger partial charge in [-0.15, -0.1) is 0 Å². The first-order chi connectivity index (χ1) is 16.0. The van der Waals surface area contributed by atoms with Crippen LogP contribution in [-0.4, -0.2) is 72.9 Å². The van der Waals surface area contributed by atoms with Crippen LogP contribution in [0.15, 0.2) is 0 Å². The predicted octanol–water partition coefficient (Wildman–Crippen LogP) is -0.783. The van der Waals surface area contributed by atoms with Gasteiger partial charge in [0.05, 0.1) is 24.3 Å². The van der Waals surface area contributed by atoms with Crippen LogP contribution >= 0.6 is 24.3 Å². The molecule has 0 fully saturated rings. The number of nitrogens with zero attached hydrogens (tertiary/aromatic N) is 4. The van der Waals surface area contributed by atoms with E-state index >= 15 is 0 Å². The largest absolute Gasteiger partial charge is 2.00 e. The number of unbranched alkanes of at least 4 members (excludes halogenated alkanes) is 4. The first kappa shape index (κ1) is 42.5. The van der Waals surface area contributed by atoms with Crippen molar-refractivity contribution in [2.24, 2.45) is 0 Å². The maximum Gasteiger partial charge on any atom is 2.00 e.